The van der Waals surface area contributed by atoms with Crippen molar-refractivity contribution in [2.24, 2.45) is 0 Å². The number of hydrogen-bond acceptors (Lipinski definition) is 4. The minimum absolute atomic E-state index is 0.685. The first kappa shape index (κ1) is 36.8. The molecule has 0 N–H and O–H groups in total. The van der Waals surface area contributed by atoms with Crippen molar-refractivity contribution in [1.82, 2.24) is 15.0 Å². The van der Waals surface area contributed by atoms with Crippen molar-refractivity contribution in [2.45, 2.75) is 0 Å². The Balaban J connectivity index is 0.981. The summed E-state index contributed by atoms with van der Waals surface area (Å²) >= 11 is 1.83. The Bertz CT molecular complexity index is 3540. The highest BCUT2D eigenvalue weighted by atomic mass is 32.1. The Hall–Kier alpha value is -8.05. The number of hydrogen-bond donors (Lipinski definition) is 0. The highest BCUT2D eigenvalue weighted by Gasteiger charge is 2.19. The third kappa shape index (κ3) is 6.74. The first-order valence-corrected chi connectivity index (χ1v) is 22.1. The van der Waals surface area contributed by atoms with Crippen molar-refractivity contribution in [2.75, 3.05) is 0 Å². The number of benzene rings is 9. The summed E-state index contributed by atoms with van der Waals surface area (Å²) in [5, 5.41) is 6.09. The Morgan fingerprint density at radius 2 is 0.841 bits per heavy atom. The van der Waals surface area contributed by atoms with Crippen molar-refractivity contribution >= 4 is 53.2 Å². The van der Waals surface area contributed by atoms with Gasteiger partial charge < -0.3 is 0 Å². The van der Waals surface area contributed by atoms with Gasteiger partial charge in [0.25, 0.3) is 0 Å². The summed E-state index contributed by atoms with van der Waals surface area (Å²) in [6.45, 7) is 0. The molecule has 9 aromatic carbocycles. The van der Waals surface area contributed by atoms with Gasteiger partial charge in [0.1, 0.15) is 0 Å². The predicted octanol–water partition coefficient (Wildman–Crippen LogP) is 16.2. The molecule has 0 aliphatic rings. The van der Waals surface area contributed by atoms with Crippen molar-refractivity contribution in [3.05, 3.63) is 224 Å². The smallest absolute Gasteiger partial charge is 0.160 e. The van der Waals surface area contributed by atoms with E-state index in [9.17, 15) is 0 Å². The Morgan fingerprint density at radius 3 is 1.59 bits per heavy atom. The number of fused-ring (bicyclic) bond motifs is 6. The molecule has 0 saturated carbocycles. The van der Waals surface area contributed by atoms with E-state index in [1.54, 1.807) is 0 Å². The molecule has 12 rings (SSSR count). The van der Waals surface area contributed by atoms with Crippen LogP contribution in [-0.4, -0.2) is 15.0 Å². The SMILES string of the molecule is c1ccc(-c2ccc(-c3cc(-c4cccc(-c5ccc6nc(-c7cccc8ccccc78)c7sc8ccccc8c7c6c5)c4)nc(-c4ccc(-c5ccccc5)cc4)n3)cc2)cc1. The zero-order chi connectivity index (χ0) is 41.7. The summed E-state index contributed by atoms with van der Waals surface area (Å²) in [4.78, 5) is 15.9. The summed E-state index contributed by atoms with van der Waals surface area (Å²) in [5.41, 5.74) is 14.9. The molecule has 0 fully saturated rings. The molecule has 0 aliphatic carbocycles. The summed E-state index contributed by atoms with van der Waals surface area (Å²) in [7, 11) is 0. The maximum Gasteiger partial charge on any atom is 0.160 e. The van der Waals surface area contributed by atoms with Crippen molar-refractivity contribution < 1.29 is 0 Å². The molecule has 0 amide bonds. The highest BCUT2D eigenvalue weighted by Crippen LogP contribution is 2.45. The third-order valence-corrected chi connectivity index (χ3v) is 13.3. The molecule has 0 unspecified atom stereocenters. The number of nitrogens with zero attached hydrogens (tertiary/aromatic N) is 3. The van der Waals surface area contributed by atoms with E-state index in [4.69, 9.17) is 15.0 Å². The molecular formula is C59H37N3S. The van der Waals surface area contributed by atoms with Crippen LogP contribution in [0.25, 0.3) is 120 Å². The number of thiophene rings is 1. The maximum atomic E-state index is 5.43. The van der Waals surface area contributed by atoms with E-state index in [0.717, 1.165) is 66.9 Å². The molecule has 0 bridgehead atoms. The van der Waals surface area contributed by atoms with Gasteiger partial charge in [-0.3, -0.25) is 0 Å². The second-order valence-electron chi connectivity index (χ2n) is 16.0. The van der Waals surface area contributed by atoms with Crippen molar-refractivity contribution in [3.8, 4) is 78.5 Å². The van der Waals surface area contributed by atoms with Crippen LogP contribution in [0.15, 0.2) is 224 Å². The summed E-state index contributed by atoms with van der Waals surface area (Å²) in [5.74, 6) is 0.685. The lowest BCUT2D eigenvalue weighted by molar-refractivity contribution is 1.18. The lowest BCUT2D eigenvalue weighted by Crippen LogP contribution is -1.96. The van der Waals surface area contributed by atoms with Gasteiger partial charge >= 0.3 is 0 Å². The molecule has 0 aliphatic heterocycles. The van der Waals surface area contributed by atoms with E-state index < -0.39 is 0 Å². The van der Waals surface area contributed by atoms with E-state index in [1.807, 2.05) is 23.5 Å². The van der Waals surface area contributed by atoms with Gasteiger partial charge in [-0.15, -0.1) is 11.3 Å². The fourth-order valence-electron chi connectivity index (χ4n) is 8.92. The van der Waals surface area contributed by atoms with Gasteiger partial charge in [-0.2, -0.15) is 0 Å². The van der Waals surface area contributed by atoms with E-state index in [1.165, 1.54) is 47.6 Å². The van der Waals surface area contributed by atoms with E-state index in [-0.39, 0.29) is 0 Å². The third-order valence-electron chi connectivity index (χ3n) is 12.1. The Morgan fingerprint density at radius 1 is 0.317 bits per heavy atom. The van der Waals surface area contributed by atoms with Crippen LogP contribution in [-0.2, 0) is 0 Å². The van der Waals surface area contributed by atoms with Crippen LogP contribution in [0.3, 0.4) is 0 Å². The average molecular weight is 820 g/mol. The lowest BCUT2D eigenvalue weighted by Gasteiger charge is -2.13. The van der Waals surface area contributed by atoms with Gasteiger partial charge in [-0.25, -0.2) is 15.0 Å². The predicted molar refractivity (Wildman–Crippen MR) is 266 cm³/mol. The van der Waals surface area contributed by atoms with E-state index in [2.05, 4.69) is 212 Å². The van der Waals surface area contributed by atoms with Crippen LogP contribution in [0.5, 0.6) is 0 Å². The number of pyridine rings is 1. The first-order valence-electron chi connectivity index (χ1n) is 21.2. The monoisotopic (exact) mass is 819 g/mol. The zero-order valence-electron chi connectivity index (χ0n) is 34.1. The van der Waals surface area contributed by atoms with Crippen molar-refractivity contribution in [1.29, 1.82) is 0 Å². The van der Waals surface area contributed by atoms with Gasteiger partial charge in [0.2, 0.25) is 0 Å². The first-order chi connectivity index (χ1) is 31.2. The van der Waals surface area contributed by atoms with Crippen LogP contribution < -0.4 is 0 Å². The van der Waals surface area contributed by atoms with Gasteiger partial charge in [-0.1, -0.05) is 194 Å². The molecule has 3 nitrogen and oxygen atoms in total. The summed E-state index contributed by atoms with van der Waals surface area (Å²) in [6.07, 6.45) is 0. The minimum atomic E-state index is 0.685. The van der Waals surface area contributed by atoms with Gasteiger partial charge in [0, 0.05) is 43.1 Å². The van der Waals surface area contributed by atoms with Crippen LogP contribution in [0.4, 0.5) is 0 Å². The quantitative estimate of drug-likeness (QED) is 0.161. The fourth-order valence-corrected chi connectivity index (χ4v) is 10.1. The van der Waals surface area contributed by atoms with Crippen LogP contribution in [0.1, 0.15) is 0 Å². The molecule has 3 aromatic heterocycles. The second kappa shape index (κ2) is 15.4. The van der Waals surface area contributed by atoms with Crippen LogP contribution in [0.2, 0.25) is 0 Å². The van der Waals surface area contributed by atoms with Gasteiger partial charge in [-0.05, 0) is 74.5 Å². The molecule has 63 heavy (non-hydrogen) atoms. The molecule has 12 aromatic rings. The minimum Gasteiger partial charge on any atom is -0.246 e. The van der Waals surface area contributed by atoms with Crippen LogP contribution >= 0.6 is 11.3 Å². The lowest BCUT2D eigenvalue weighted by atomic mass is 9.96. The summed E-state index contributed by atoms with van der Waals surface area (Å²) < 4.78 is 2.47. The van der Waals surface area contributed by atoms with Crippen molar-refractivity contribution in [3.63, 3.8) is 0 Å². The van der Waals surface area contributed by atoms with Crippen LogP contribution in [0, 0.1) is 0 Å². The van der Waals surface area contributed by atoms with E-state index >= 15 is 0 Å². The van der Waals surface area contributed by atoms with Gasteiger partial charge in [0.15, 0.2) is 5.82 Å². The molecule has 3 heterocycles. The number of rotatable bonds is 7. The normalized spacial score (nSPS) is 11.5. The largest absolute Gasteiger partial charge is 0.246 e. The Labute approximate surface area is 369 Å². The van der Waals surface area contributed by atoms with Gasteiger partial charge in [0.05, 0.1) is 27.3 Å². The van der Waals surface area contributed by atoms with E-state index in [0.29, 0.717) is 5.82 Å². The average Bonchev–Trinajstić information content (AvgIpc) is 3.77. The molecule has 0 atom stereocenters. The standard InChI is InChI=1S/C59H37N3S/c1-3-13-38(14-4-1)40-25-29-43(30-26-40)53-37-54(62-59(61-53)44-31-27-41(28-32-44)39-15-5-2-6-16-39)47-20-11-19-45(35-47)46-33-34-52-51(36-46)56-50-22-9-10-24-55(50)63-58(56)57(60-52)49-23-12-18-42-17-7-8-21-48(42)49/h1-37H. The molecule has 0 radical (unpaired) electrons. The number of aromatic nitrogens is 3. The molecule has 0 spiro atoms. The maximum absolute atomic E-state index is 5.43. The highest BCUT2D eigenvalue weighted by molar-refractivity contribution is 7.26. The topological polar surface area (TPSA) is 38.7 Å². The summed E-state index contributed by atoms with van der Waals surface area (Å²) in [6, 6.07) is 79.7. The fraction of sp³-hybridized carbons (Fsp3) is 0. The Kier molecular flexibility index (Phi) is 9.02. The molecule has 4 heteroatoms. The second-order valence-corrected chi connectivity index (χ2v) is 17.0. The molecule has 0 saturated heterocycles. The zero-order valence-corrected chi connectivity index (χ0v) is 34.9. The molecule has 294 valence electrons. The molecular weight excluding hydrogens is 783 g/mol.